The number of nitrogens with zero attached hydrogens (tertiary/aromatic N) is 1. The van der Waals surface area contributed by atoms with Gasteiger partial charge in [0.25, 0.3) is 0 Å². The number of thiocarbonyl (C=S) groups is 1. The second kappa shape index (κ2) is 5.98. The van der Waals surface area contributed by atoms with Gasteiger partial charge in [-0.15, -0.1) is 0 Å². The number of pyridine rings is 1. The molecule has 110 valence electrons. The Hall–Kier alpha value is -1.67. The van der Waals surface area contributed by atoms with Crippen molar-refractivity contribution in [1.29, 1.82) is 0 Å². The molecule has 0 bridgehead atoms. The molecule has 8 heteroatoms. The molecular weight excluding hydrogens is 367 g/mol. The summed E-state index contributed by atoms with van der Waals surface area (Å²) in [4.78, 5) is 4.15. The van der Waals surface area contributed by atoms with Gasteiger partial charge < -0.3 is 11.1 Å². The van der Waals surface area contributed by atoms with Crippen LogP contribution in [0.3, 0.4) is 0 Å². The van der Waals surface area contributed by atoms with E-state index < -0.39 is 11.7 Å². The molecule has 0 fully saturated rings. The van der Waals surface area contributed by atoms with Gasteiger partial charge in [0.05, 0.1) is 16.8 Å². The normalized spacial score (nSPS) is 11.2. The number of benzene rings is 1. The molecular formula is C13H9BrF3N3S. The zero-order valence-electron chi connectivity index (χ0n) is 10.4. The molecule has 0 saturated carbocycles. The summed E-state index contributed by atoms with van der Waals surface area (Å²) in [6, 6.07) is 6.57. The van der Waals surface area contributed by atoms with Crippen LogP contribution < -0.4 is 11.1 Å². The van der Waals surface area contributed by atoms with Gasteiger partial charge in [-0.1, -0.05) is 12.2 Å². The van der Waals surface area contributed by atoms with Crippen LogP contribution in [-0.4, -0.2) is 9.97 Å². The van der Waals surface area contributed by atoms with Gasteiger partial charge in [-0.3, -0.25) is 0 Å². The largest absolute Gasteiger partial charge is 0.416 e. The second-order valence-corrected chi connectivity index (χ2v) is 5.38. The maximum absolute atomic E-state index is 12.7. The van der Waals surface area contributed by atoms with Crippen molar-refractivity contribution in [3.8, 4) is 0 Å². The lowest BCUT2D eigenvalue weighted by atomic mass is 10.2. The van der Waals surface area contributed by atoms with Crippen LogP contribution >= 0.6 is 28.1 Å². The highest BCUT2D eigenvalue weighted by Crippen LogP contribution is 2.35. The fraction of sp³-hybridized carbons (Fsp3) is 0.0769. The van der Waals surface area contributed by atoms with Crippen LogP contribution in [0.25, 0.3) is 0 Å². The number of anilines is 2. The van der Waals surface area contributed by atoms with Crippen LogP contribution in [0.1, 0.15) is 11.1 Å². The summed E-state index contributed by atoms with van der Waals surface area (Å²) in [5.74, 6) is 0.296. The number of aromatic nitrogens is 1. The molecule has 3 N–H and O–H groups in total. The molecule has 0 unspecified atom stereocenters. The molecule has 21 heavy (non-hydrogen) atoms. The monoisotopic (exact) mass is 375 g/mol. The van der Waals surface area contributed by atoms with E-state index >= 15 is 0 Å². The summed E-state index contributed by atoms with van der Waals surface area (Å²) in [6.07, 6.45) is -2.93. The van der Waals surface area contributed by atoms with Gasteiger partial charge in [-0.25, -0.2) is 4.98 Å². The molecule has 0 aliphatic carbocycles. The Morgan fingerprint density at radius 3 is 2.62 bits per heavy atom. The lowest BCUT2D eigenvalue weighted by molar-refractivity contribution is -0.137. The summed E-state index contributed by atoms with van der Waals surface area (Å²) in [7, 11) is 0. The van der Waals surface area contributed by atoms with E-state index in [-0.39, 0.29) is 10.7 Å². The van der Waals surface area contributed by atoms with Crippen molar-refractivity contribution in [3.05, 3.63) is 52.1 Å². The van der Waals surface area contributed by atoms with E-state index in [9.17, 15) is 13.2 Å². The average molecular weight is 376 g/mol. The molecule has 1 aromatic carbocycles. The standard InChI is InChI=1S/C13H9BrF3N3S/c14-9-4-3-7(13(15,16)17)6-10(9)20-12-8(11(18)21)2-1-5-19-12/h1-6H,(H2,18,21)(H,19,20). The molecule has 0 aliphatic heterocycles. The number of alkyl halides is 3. The van der Waals surface area contributed by atoms with Gasteiger partial charge in [0, 0.05) is 10.7 Å². The Kier molecular flexibility index (Phi) is 4.48. The number of hydrogen-bond donors (Lipinski definition) is 2. The van der Waals surface area contributed by atoms with Crippen LogP contribution in [0.2, 0.25) is 0 Å². The summed E-state index contributed by atoms with van der Waals surface area (Å²) in [5, 5.41) is 2.81. The summed E-state index contributed by atoms with van der Waals surface area (Å²) in [5.41, 5.74) is 5.48. The van der Waals surface area contributed by atoms with Gasteiger partial charge in [-0.2, -0.15) is 13.2 Å². The molecule has 1 aromatic heterocycles. The third-order valence-electron chi connectivity index (χ3n) is 2.62. The molecule has 0 aliphatic rings. The minimum Gasteiger partial charge on any atom is -0.389 e. The van der Waals surface area contributed by atoms with E-state index in [2.05, 4.69) is 26.2 Å². The van der Waals surface area contributed by atoms with E-state index in [0.29, 0.717) is 15.9 Å². The Balaban J connectivity index is 2.43. The van der Waals surface area contributed by atoms with Crippen molar-refractivity contribution >= 4 is 44.6 Å². The maximum atomic E-state index is 12.7. The molecule has 0 radical (unpaired) electrons. The van der Waals surface area contributed by atoms with E-state index in [1.54, 1.807) is 12.1 Å². The molecule has 0 saturated heterocycles. The first-order chi connectivity index (χ1) is 9.79. The molecule has 0 atom stereocenters. The first-order valence-corrected chi connectivity index (χ1v) is 6.88. The lowest BCUT2D eigenvalue weighted by Crippen LogP contribution is -2.13. The number of hydrogen-bond acceptors (Lipinski definition) is 3. The van der Waals surface area contributed by atoms with E-state index in [4.69, 9.17) is 18.0 Å². The van der Waals surface area contributed by atoms with Gasteiger partial charge in [0.2, 0.25) is 0 Å². The zero-order chi connectivity index (χ0) is 15.6. The minimum atomic E-state index is -4.42. The predicted molar refractivity (Wildman–Crippen MR) is 82.6 cm³/mol. The highest BCUT2D eigenvalue weighted by molar-refractivity contribution is 9.10. The minimum absolute atomic E-state index is 0.105. The van der Waals surface area contributed by atoms with E-state index in [1.807, 2.05) is 0 Å². The fourth-order valence-electron chi connectivity index (χ4n) is 1.63. The van der Waals surface area contributed by atoms with Crippen LogP contribution in [0, 0.1) is 0 Å². The highest BCUT2D eigenvalue weighted by Gasteiger charge is 2.31. The lowest BCUT2D eigenvalue weighted by Gasteiger charge is -2.14. The Morgan fingerprint density at radius 1 is 1.29 bits per heavy atom. The summed E-state index contributed by atoms with van der Waals surface area (Å²) < 4.78 is 38.7. The first-order valence-electron chi connectivity index (χ1n) is 5.67. The van der Waals surface area contributed by atoms with Gasteiger partial charge in [-0.05, 0) is 46.3 Å². The van der Waals surface area contributed by atoms with Gasteiger partial charge in [0.15, 0.2) is 0 Å². The Morgan fingerprint density at radius 2 is 2.00 bits per heavy atom. The number of nitrogens with two attached hydrogens (primary N) is 1. The van der Waals surface area contributed by atoms with E-state index in [0.717, 1.165) is 12.1 Å². The van der Waals surface area contributed by atoms with Crippen molar-refractivity contribution < 1.29 is 13.2 Å². The number of halogens is 4. The smallest absolute Gasteiger partial charge is 0.389 e. The number of rotatable bonds is 3. The third kappa shape index (κ3) is 3.70. The predicted octanol–water partition coefficient (Wildman–Crippen LogP) is 4.24. The Labute approximate surface area is 132 Å². The molecule has 1 heterocycles. The van der Waals surface area contributed by atoms with Crippen molar-refractivity contribution in [1.82, 2.24) is 4.98 Å². The first kappa shape index (κ1) is 15.7. The van der Waals surface area contributed by atoms with Crippen molar-refractivity contribution in [2.45, 2.75) is 6.18 Å². The second-order valence-electron chi connectivity index (χ2n) is 4.08. The van der Waals surface area contributed by atoms with Crippen molar-refractivity contribution in [2.24, 2.45) is 5.73 Å². The maximum Gasteiger partial charge on any atom is 0.416 e. The number of nitrogens with one attached hydrogen (secondary N) is 1. The van der Waals surface area contributed by atoms with Crippen molar-refractivity contribution in [3.63, 3.8) is 0 Å². The fourth-order valence-corrected chi connectivity index (χ4v) is 2.14. The third-order valence-corrected chi connectivity index (χ3v) is 3.53. The van der Waals surface area contributed by atoms with Crippen LogP contribution in [-0.2, 0) is 6.18 Å². The van der Waals surface area contributed by atoms with Crippen LogP contribution in [0.5, 0.6) is 0 Å². The average Bonchev–Trinajstić information content (AvgIpc) is 2.40. The molecule has 2 rings (SSSR count). The van der Waals surface area contributed by atoms with Gasteiger partial charge >= 0.3 is 6.18 Å². The highest BCUT2D eigenvalue weighted by atomic mass is 79.9. The molecule has 0 spiro atoms. The van der Waals surface area contributed by atoms with E-state index in [1.165, 1.54) is 12.3 Å². The topological polar surface area (TPSA) is 50.9 Å². The molecule has 3 nitrogen and oxygen atoms in total. The van der Waals surface area contributed by atoms with Crippen molar-refractivity contribution in [2.75, 3.05) is 5.32 Å². The summed E-state index contributed by atoms with van der Waals surface area (Å²) in [6.45, 7) is 0. The molecule has 0 amide bonds. The Bertz CT molecular complexity index is 689. The molecule has 2 aromatic rings. The van der Waals surface area contributed by atoms with Gasteiger partial charge in [0.1, 0.15) is 10.8 Å². The quantitative estimate of drug-likeness (QED) is 0.787. The van der Waals surface area contributed by atoms with Crippen LogP contribution in [0.15, 0.2) is 41.0 Å². The van der Waals surface area contributed by atoms with Crippen LogP contribution in [0.4, 0.5) is 24.7 Å². The zero-order valence-corrected chi connectivity index (χ0v) is 12.8. The SMILES string of the molecule is NC(=S)c1cccnc1Nc1cc(C(F)(F)F)ccc1Br. The summed E-state index contributed by atoms with van der Waals surface area (Å²) >= 11 is 8.08.